The van der Waals surface area contributed by atoms with Gasteiger partial charge in [-0.05, 0) is 79.4 Å². The van der Waals surface area contributed by atoms with E-state index >= 15 is 0 Å². The Balaban J connectivity index is 1.28. The lowest BCUT2D eigenvalue weighted by molar-refractivity contribution is 0.292. The second kappa shape index (κ2) is 10.9. The SMILES string of the molecule is CN(Cc1cccc(-c2cccn3nc(Nc4ccc(OCCC5CCCN5)cc4)nc23)c1)S(C)(=O)=O. The molecule has 1 unspecified atom stereocenters. The highest BCUT2D eigenvalue weighted by atomic mass is 32.2. The highest BCUT2D eigenvalue weighted by molar-refractivity contribution is 7.88. The van der Waals surface area contributed by atoms with Gasteiger partial charge in [-0.15, -0.1) is 5.10 Å². The Morgan fingerprint density at radius 2 is 2.00 bits per heavy atom. The van der Waals surface area contributed by atoms with Crippen molar-refractivity contribution in [3.8, 4) is 16.9 Å². The average molecular weight is 521 g/mol. The molecule has 0 bridgehead atoms. The number of hydrogen-bond acceptors (Lipinski definition) is 7. The number of aromatic nitrogens is 3. The number of nitrogens with zero attached hydrogens (tertiary/aromatic N) is 4. The van der Waals surface area contributed by atoms with Crippen molar-refractivity contribution in [2.24, 2.45) is 0 Å². The normalized spacial score (nSPS) is 15.9. The number of pyridine rings is 1. The van der Waals surface area contributed by atoms with E-state index in [0.717, 1.165) is 41.1 Å². The van der Waals surface area contributed by atoms with Crippen molar-refractivity contribution in [1.82, 2.24) is 24.2 Å². The molecule has 194 valence electrons. The molecule has 0 amide bonds. The fraction of sp³-hybridized carbons (Fsp3) is 0.333. The third kappa shape index (κ3) is 6.27. The summed E-state index contributed by atoms with van der Waals surface area (Å²) in [5.74, 6) is 1.33. The Labute approximate surface area is 217 Å². The van der Waals surface area contributed by atoms with E-state index in [1.807, 2.05) is 66.9 Å². The second-order valence-corrected chi connectivity index (χ2v) is 11.5. The summed E-state index contributed by atoms with van der Waals surface area (Å²) in [5, 5.41) is 11.3. The van der Waals surface area contributed by atoms with Crippen LogP contribution in [0.4, 0.5) is 11.6 Å². The van der Waals surface area contributed by atoms with Crippen molar-refractivity contribution >= 4 is 27.3 Å². The number of rotatable bonds is 10. The zero-order valence-corrected chi connectivity index (χ0v) is 21.9. The van der Waals surface area contributed by atoms with Crippen LogP contribution in [0.1, 0.15) is 24.8 Å². The summed E-state index contributed by atoms with van der Waals surface area (Å²) in [6.45, 7) is 2.11. The van der Waals surface area contributed by atoms with Gasteiger partial charge in [0.2, 0.25) is 16.0 Å². The van der Waals surface area contributed by atoms with Crippen LogP contribution >= 0.6 is 0 Å². The van der Waals surface area contributed by atoms with E-state index in [1.165, 1.54) is 23.4 Å². The topological polar surface area (TPSA) is 101 Å². The molecule has 4 aromatic rings. The molecule has 1 saturated heterocycles. The molecule has 1 aliphatic heterocycles. The van der Waals surface area contributed by atoms with Crippen LogP contribution in [0.3, 0.4) is 0 Å². The Morgan fingerprint density at radius 1 is 1.16 bits per heavy atom. The van der Waals surface area contributed by atoms with Gasteiger partial charge in [-0.3, -0.25) is 0 Å². The molecule has 3 heterocycles. The van der Waals surface area contributed by atoms with E-state index in [9.17, 15) is 8.42 Å². The highest BCUT2D eigenvalue weighted by Crippen LogP contribution is 2.27. The molecule has 0 radical (unpaired) electrons. The summed E-state index contributed by atoms with van der Waals surface area (Å²) in [5.41, 5.74) is 4.32. The van der Waals surface area contributed by atoms with Gasteiger partial charge in [0.15, 0.2) is 5.65 Å². The number of nitrogens with one attached hydrogen (secondary N) is 2. The van der Waals surface area contributed by atoms with Crippen molar-refractivity contribution in [3.05, 3.63) is 72.4 Å². The zero-order chi connectivity index (χ0) is 25.8. The molecule has 10 heteroatoms. The van der Waals surface area contributed by atoms with Crippen LogP contribution < -0.4 is 15.4 Å². The van der Waals surface area contributed by atoms with Gasteiger partial charge in [-0.1, -0.05) is 18.2 Å². The lowest BCUT2D eigenvalue weighted by Crippen LogP contribution is -2.24. The van der Waals surface area contributed by atoms with E-state index in [-0.39, 0.29) is 0 Å². The van der Waals surface area contributed by atoms with Crippen LogP contribution in [-0.2, 0) is 16.6 Å². The summed E-state index contributed by atoms with van der Waals surface area (Å²) in [6, 6.07) is 20.1. The average Bonchev–Trinajstić information content (AvgIpc) is 3.54. The summed E-state index contributed by atoms with van der Waals surface area (Å²) in [7, 11) is -1.69. The van der Waals surface area contributed by atoms with Crippen LogP contribution in [0.15, 0.2) is 66.9 Å². The molecule has 9 nitrogen and oxygen atoms in total. The van der Waals surface area contributed by atoms with Crippen molar-refractivity contribution in [2.45, 2.75) is 31.8 Å². The van der Waals surface area contributed by atoms with Gasteiger partial charge in [0.05, 0.1) is 12.9 Å². The predicted molar refractivity (Wildman–Crippen MR) is 146 cm³/mol. The lowest BCUT2D eigenvalue weighted by atomic mass is 10.0. The van der Waals surface area contributed by atoms with Gasteiger partial charge in [0.1, 0.15) is 5.75 Å². The van der Waals surface area contributed by atoms with Gasteiger partial charge in [0.25, 0.3) is 0 Å². The molecule has 5 rings (SSSR count). The third-order valence-electron chi connectivity index (χ3n) is 6.58. The third-order valence-corrected chi connectivity index (χ3v) is 7.84. The van der Waals surface area contributed by atoms with Gasteiger partial charge < -0.3 is 15.4 Å². The molecule has 1 fully saturated rings. The number of anilines is 2. The van der Waals surface area contributed by atoms with Gasteiger partial charge in [-0.2, -0.15) is 4.98 Å². The van der Waals surface area contributed by atoms with E-state index in [4.69, 9.17) is 9.72 Å². The molecule has 1 atom stereocenters. The minimum absolute atomic E-state index is 0.298. The summed E-state index contributed by atoms with van der Waals surface area (Å²) >= 11 is 0. The Hall–Kier alpha value is -3.47. The number of sulfonamides is 1. The smallest absolute Gasteiger partial charge is 0.247 e. The largest absolute Gasteiger partial charge is 0.494 e. The van der Waals surface area contributed by atoms with Crippen LogP contribution in [0.25, 0.3) is 16.8 Å². The Bertz CT molecular complexity index is 1460. The summed E-state index contributed by atoms with van der Waals surface area (Å²) < 4.78 is 32.6. The Kier molecular flexibility index (Phi) is 7.40. The highest BCUT2D eigenvalue weighted by Gasteiger charge is 2.15. The molecular weight excluding hydrogens is 488 g/mol. The second-order valence-electron chi connectivity index (χ2n) is 9.42. The number of hydrogen-bond donors (Lipinski definition) is 2. The van der Waals surface area contributed by atoms with E-state index in [2.05, 4.69) is 15.7 Å². The van der Waals surface area contributed by atoms with Gasteiger partial charge >= 0.3 is 0 Å². The fourth-order valence-corrected chi connectivity index (χ4v) is 4.87. The molecule has 2 N–H and O–H groups in total. The fourth-order valence-electron chi connectivity index (χ4n) is 4.48. The number of ether oxygens (including phenoxy) is 1. The van der Waals surface area contributed by atoms with E-state index in [0.29, 0.717) is 30.8 Å². The maximum atomic E-state index is 11.8. The molecule has 0 spiro atoms. The molecule has 0 saturated carbocycles. The van der Waals surface area contributed by atoms with Gasteiger partial charge in [-0.25, -0.2) is 17.2 Å². The van der Waals surface area contributed by atoms with Crippen molar-refractivity contribution < 1.29 is 13.2 Å². The maximum Gasteiger partial charge on any atom is 0.247 e. The maximum absolute atomic E-state index is 11.8. The van der Waals surface area contributed by atoms with Crippen molar-refractivity contribution in [3.63, 3.8) is 0 Å². The summed E-state index contributed by atoms with van der Waals surface area (Å²) in [6.07, 6.45) is 6.56. The van der Waals surface area contributed by atoms with E-state index in [1.54, 1.807) is 11.6 Å². The lowest BCUT2D eigenvalue weighted by Gasteiger charge is -2.14. The molecule has 2 aromatic carbocycles. The molecule has 37 heavy (non-hydrogen) atoms. The minimum Gasteiger partial charge on any atom is -0.494 e. The van der Waals surface area contributed by atoms with Crippen LogP contribution in [0.5, 0.6) is 5.75 Å². The molecule has 0 aliphatic carbocycles. The van der Waals surface area contributed by atoms with Crippen molar-refractivity contribution in [2.75, 3.05) is 31.8 Å². The molecule has 1 aliphatic rings. The van der Waals surface area contributed by atoms with Crippen molar-refractivity contribution in [1.29, 1.82) is 0 Å². The predicted octanol–water partition coefficient (Wildman–Crippen LogP) is 4.05. The summed E-state index contributed by atoms with van der Waals surface area (Å²) in [4.78, 5) is 4.73. The van der Waals surface area contributed by atoms with Crippen LogP contribution in [0, 0.1) is 0 Å². The minimum atomic E-state index is -3.26. The first kappa shape index (κ1) is 25.2. The van der Waals surface area contributed by atoms with Crippen LogP contribution in [0.2, 0.25) is 0 Å². The molecule has 2 aromatic heterocycles. The standard InChI is InChI=1S/C27H32N6O3S/c1-32(37(2,34)35)19-20-6-3-7-21(18-20)25-9-5-16-33-26(25)30-27(31-33)29-23-10-12-24(13-11-23)36-17-14-22-8-4-15-28-22/h3,5-7,9-13,16,18,22,28H,4,8,14-15,17,19H2,1-2H3,(H,29,31). The quantitative estimate of drug-likeness (QED) is 0.325. The first-order valence-electron chi connectivity index (χ1n) is 12.4. The number of benzene rings is 2. The number of fused-ring (bicyclic) bond motifs is 1. The van der Waals surface area contributed by atoms with E-state index < -0.39 is 10.0 Å². The molecular formula is C27H32N6O3S. The first-order valence-corrected chi connectivity index (χ1v) is 14.3. The van der Waals surface area contributed by atoms with Crippen LogP contribution in [-0.4, -0.2) is 59.8 Å². The van der Waals surface area contributed by atoms with Gasteiger partial charge in [0, 0.05) is 37.1 Å². The monoisotopic (exact) mass is 520 g/mol. The Morgan fingerprint density at radius 3 is 2.76 bits per heavy atom. The first-order chi connectivity index (χ1) is 17.8. The zero-order valence-electron chi connectivity index (χ0n) is 21.1.